The van der Waals surface area contributed by atoms with Crippen LogP contribution in [0.15, 0.2) is 24.3 Å². The Balaban J connectivity index is 1.48. The van der Waals surface area contributed by atoms with Gasteiger partial charge in [-0.3, -0.25) is 5.32 Å². The van der Waals surface area contributed by atoms with E-state index in [9.17, 15) is 4.79 Å². The normalized spacial score (nSPS) is 20.5. The maximum atomic E-state index is 11.9. The van der Waals surface area contributed by atoms with Gasteiger partial charge in [-0.1, -0.05) is 25.5 Å². The number of rotatable bonds is 6. The lowest BCUT2D eigenvalue weighted by molar-refractivity contribution is 0.0966. The molecule has 0 radical (unpaired) electrons. The van der Waals surface area contributed by atoms with Gasteiger partial charge >= 0.3 is 6.09 Å². The van der Waals surface area contributed by atoms with Crippen molar-refractivity contribution in [3.05, 3.63) is 29.8 Å². The molecule has 2 saturated heterocycles. The average Bonchev–Trinajstić information content (AvgIpc) is 2.69. The zero-order valence-corrected chi connectivity index (χ0v) is 17.0. The molecule has 0 bridgehead atoms. The molecule has 1 N–H and O–H groups in total. The lowest BCUT2D eigenvalue weighted by Gasteiger charge is -2.41. The summed E-state index contributed by atoms with van der Waals surface area (Å²) in [5.41, 5.74) is 2.18. The van der Waals surface area contributed by atoms with Crippen LogP contribution in [0.5, 0.6) is 0 Å². The van der Waals surface area contributed by atoms with Gasteiger partial charge in [-0.25, -0.2) is 4.79 Å². The van der Waals surface area contributed by atoms with Gasteiger partial charge in [0.15, 0.2) is 0 Å². The van der Waals surface area contributed by atoms with Crippen LogP contribution in [-0.2, 0) is 4.74 Å². The van der Waals surface area contributed by atoms with Gasteiger partial charge < -0.3 is 14.5 Å². The second-order valence-corrected chi connectivity index (χ2v) is 8.08. The number of amides is 1. The Kier molecular flexibility index (Phi) is 7.53. The molecule has 5 nitrogen and oxygen atoms in total. The van der Waals surface area contributed by atoms with E-state index in [-0.39, 0.29) is 6.09 Å². The predicted molar refractivity (Wildman–Crippen MR) is 110 cm³/mol. The number of carbonyl (C=O) groups excluding carboxylic acids is 1. The molecule has 1 aromatic carbocycles. The molecule has 0 aromatic heterocycles. The van der Waals surface area contributed by atoms with Crippen LogP contribution in [0.3, 0.4) is 0 Å². The van der Waals surface area contributed by atoms with Gasteiger partial charge in [0.25, 0.3) is 0 Å². The van der Waals surface area contributed by atoms with Crippen molar-refractivity contribution in [3.8, 4) is 0 Å². The van der Waals surface area contributed by atoms with Crippen LogP contribution in [0.4, 0.5) is 10.5 Å². The molecule has 2 aliphatic heterocycles. The lowest BCUT2D eigenvalue weighted by atomic mass is 9.88. The molecular weight excluding hydrogens is 338 g/mol. The molecule has 2 aliphatic rings. The number of benzene rings is 1. The van der Waals surface area contributed by atoms with Crippen molar-refractivity contribution in [1.29, 1.82) is 0 Å². The first-order chi connectivity index (χ1) is 13.2. The summed E-state index contributed by atoms with van der Waals surface area (Å²) in [5.74, 6) is 0.588. The number of carbonyl (C=O) groups is 1. The second-order valence-electron chi connectivity index (χ2n) is 8.08. The average molecular weight is 374 g/mol. The molecule has 5 heteroatoms. The van der Waals surface area contributed by atoms with E-state index in [4.69, 9.17) is 4.74 Å². The summed E-state index contributed by atoms with van der Waals surface area (Å²) >= 11 is 0. The van der Waals surface area contributed by atoms with E-state index in [1.165, 1.54) is 57.4 Å². The molecule has 0 unspecified atom stereocenters. The Morgan fingerprint density at radius 2 is 1.89 bits per heavy atom. The van der Waals surface area contributed by atoms with E-state index in [2.05, 4.69) is 41.2 Å². The van der Waals surface area contributed by atoms with Crippen molar-refractivity contribution in [2.24, 2.45) is 0 Å². The van der Waals surface area contributed by atoms with Gasteiger partial charge in [0, 0.05) is 11.7 Å². The van der Waals surface area contributed by atoms with E-state index < -0.39 is 0 Å². The van der Waals surface area contributed by atoms with Gasteiger partial charge in [0.2, 0.25) is 0 Å². The van der Waals surface area contributed by atoms with Gasteiger partial charge in [-0.15, -0.1) is 0 Å². The first-order valence-electron chi connectivity index (χ1n) is 10.6. The Hall–Kier alpha value is -1.59. The molecule has 0 atom stereocenters. The number of nitrogens with one attached hydrogen (secondary N) is 1. The third-order valence-corrected chi connectivity index (χ3v) is 6.07. The largest absolute Gasteiger partial charge is 0.449 e. The van der Waals surface area contributed by atoms with Crippen molar-refractivity contribution < 1.29 is 9.53 Å². The summed E-state index contributed by atoms with van der Waals surface area (Å²) in [6, 6.07) is 9.08. The van der Waals surface area contributed by atoms with Crippen LogP contribution in [0.25, 0.3) is 0 Å². The molecule has 27 heavy (non-hydrogen) atoms. The van der Waals surface area contributed by atoms with Crippen LogP contribution in [-0.4, -0.2) is 61.8 Å². The van der Waals surface area contributed by atoms with Crippen LogP contribution in [0.1, 0.15) is 56.9 Å². The van der Waals surface area contributed by atoms with Crippen LogP contribution in [0, 0.1) is 0 Å². The van der Waals surface area contributed by atoms with E-state index in [0.717, 1.165) is 24.6 Å². The van der Waals surface area contributed by atoms with E-state index in [0.29, 0.717) is 12.5 Å². The highest BCUT2D eigenvalue weighted by Gasteiger charge is 2.27. The van der Waals surface area contributed by atoms with Gasteiger partial charge in [-0.05, 0) is 88.9 Å². The van der Waals surface area contributed by atoms with Crippen molar-refractivity contribution in [3.63, 3.8) is 0 Å². The standard InChI is InChI=1S/C22H35N3O2/c1-3-4-16-27-22(26)23-20-7-5-6-19(17-20)18-8-14-25(15-9-18)21-10-12-24(2)13-11-21/h5-7,17-18,21H,3-4,8-16H2,1-2H3,(H,23,26). The quantitative estimate of drug-likeness (QED) is 0.755. The molecule has 0 aliphatic carbocycles. The number of hydrogen-bond acceptors (Lipinski definition) is 4. The summed E-state index contributed by atoms with van der Waals surface area (Å²) < 4.78 is 5.20. The van der Waals surface area contributed by atoms with Crippen molar-refractivity contribution in [1.82, 2.24) is 9.80 Å². The highest BCUT2D eigenvalue weighted by Crippen LogP contribution is 2.31. The minimum atomic E-state index is -0.349. The Bertz CT molecular complexity index is 591. The van der Waals surface area contributed by atoms with Crippen LogP contribution >= 0.6 is 0 Å². The monoisotopic (exact) mass is 373 g/mol. The molecule has 150 valence electrons. The van der Waals surface area contributed by atoms with E-state index in [1.807, 2.05) is 12.1 Å². The zero-order chi connectivity index (χ0) is 19.1. The fraction of sp³-hybridized carbons (Fsp3) is 0.682. The van der Waals surface area contributed by atoms with Gasteiger partial charge in [-0.2, -0.15) is 0 Å². The predicted octanol–water partition coefficient (Wildman–Crippen LogP) is 4.31. The highest BCUT2D eigenvalue weighted by molar-refractivity contribution is 5.84. The summed E-state index contributed by atoms with van der Waals surface area (Å²) in [6.45, 7) is 7.41. The van der Waals surface area contributed by atoms with Crippen molar-refractivity contribution in [2.45, 2.75) is 57.4 Å². The fourth-order valence-electron chi connectivity index (χ4n) is 4.29. The molecule has 1 aromatic rings. The molecular formula is C22H35N3O2. The number of unbranched alkanes of at least 4 members (excludes halogenated alkanes) is 1. The second kappa shape index (κ2) is 10.1. The number of ether oxygens (including phenoxy) is 1. The van der Waals surface area contributed by atoms with E-state index in [1.54, 1.807) is 0 Å². The zero-order valence-electron chi connectivity index (χ0n) is 17.0. The Morgan fingerprint density at radius 1 is 1.15 bits per heavy atom. The molecule has 1 amide bonds. The van der Waals surface area contributed by atoms with Gasteiger partial charge in [0.05, 0.1) is 6.61 Å². The molecule has 3 rings (SSSR count). The number of nitrogens with zero attached hydrogens (tertiary/aromatic N) is 2. The summed E-state index contributed by atoms with van der Waals surface area (Å²) in [5, 5.41) is 2.87. The number of likely N-dealkylation sites (tertiary alicyclic amines) is 2. The topological polar surface area (TPSA) is 44.8 Å². The minimum Gasteiger partial charge on any atom is -0.449 e. The van der Waals surface area contributed by atoms with E-state index >= 15 is 0 Å². The molecule has 0 saturated carbocycles. The summed E-state index contributed by atoms with van der Waals surface area (Å²) in [6.07, 6.45) is 6.61. The molecule has 2 fully saturated rings. The highest BCUT2D eigenvalue weighted by atomic mass is 16.5. The third kappa shape index (κ3) is 5.94. The fourth-order valence-corrected chi connectivity index (χ4v) is 4.29. The lowest BCUT2D eigenvalue weighted by Crippen LogP contribution is -2.46. The third-order valence-electron chi connectivity index (χ3n) is 6.07. The Labute approximate surface area is 164 Å². The molecule has 2 heterocycles. The first-order valence-corrected chi connectivity index (χ1v) is 10.6. The summed E-state index contributed by atoms with van der Waals surface area (Å²) in [7, 11) is 2.23. The Morgan fingerprint density at radius 3 is 2.59 bits per heavy atom. The van der Waals surface area contributed by atoms with Crippen LogP contribution < -0.4 is 5.32 Å². The first kappa shape index (κ1) is 20.2. The smallest absolute Gasteiger partial charge is 0.411 e. The van der Waals surface area contributed by atoms with Crippen LogP contribution in [0.2, 0.25) is 0 Å². The molecule has 0 spiro atoms. The number of hydrogen-bond donors (Lipinski definition) is 1. The SMILES string of the molecule is CCCCOC(=O)Nc1cccc(C2CCN(C3CCN(C)CC3)CC2)c1. The number of anilines is 1. The summed E-state index contributed by atoms with van der Waals surface area (Å²) in [4.78, 5) is 17.0. The van der Waals surface area contributed by atoms with Crippen molar-refractivity contribution >= 4 is 11.8 Å². The maximum Gasteiger partial charge on any atom is 0.411 e. The minimum absolute atomic E-state index is 0.349. The van der Waals surface area contributed by atoms with Gasteiger partial charge in [0.1, 0.15) is 0 Å². The maximum absolute atomic E-state index is 11.9. The van der Waals surface area contributed by atoms with Crippen molar-refractivity contribution in [2.75, 3.05) is 45.2 Å². The number of piperidine rings is 2.